The molecule has 2 aromatic carbocycles. The molecule has 11 heteroatoms. The molecule has 0 aliphatic heterocycles. The minimum atomic E-state index is -0.664. The molecule has 28 heavy (non-hydrogen) atoms. The Hall–Kier alpha value is -3.86. The van der Waals surface area contributed by atoms with Crippen molar-refractivity contribution in [3.05, 3.63) is 51.8 Å². The molecule has 0 aliphatic carbocycles. The molecule has 140 valence electrons. The maximum absolute atomic E-state index is 11.1. The Balaban J connectivity index is 1.87. The second-order valence-corrected chi connectivity index (χ2v) is 6.67. The molecule has 0 fully saturated rings. The third kappa shape index (κ3) is 2.93. The fraction of sp³-hybridized carbons (Fsp3) is 0.0588. The number of nitrogens with zero attached hydrogens (tertiary/aromatic N) is 4. The van der Waals surface area contributed by atoms with E-state index >= 15 is 0 Å². The van der Waals surface area contributed by atoms with Gasteiger partial charge >= 0.3 is 5.69 Å². The van der Waals surface area contributed by atoms with Gasteiger partial charge in [0.15, 0.2) is 10.8 Å². The number of nitro groups is 1. The number of phenols is 1. The number of nitro benzene ring substituents is 1. The molecule has 4 rings (SSSR count). The Bertz CT molecular complexity index is 1260. The van der Waals surface area contributed by atoms with Crippen LogP contribution in [0, 0.1) is 15.5 Å². The molecule has 0 saturated heterocycles. The van der Waals surface area contributed by atoms with Crippen LogP contribution in [0.3, 0.4) is 0 Å². The Labute approximate surface area is 161 Å². The molecule has 3 N–H and O–H groups in total. The summed E-state index contributed by atoms with van der Waals surface area (Å²) >= 11 is 1.27. The van der Waals surface area contributed by atoms with E-state index in [9.17, 15) is 15.2 Å². The summed E-state index contributed by atoms with van der Waals surface area (Å²) in [4.78, 5) is 23.3. The van der Waals surface area contributed by atoms with Gasteiger partial charge in [0.05, 0.1) is 33.2 Å². The first-order valence-electron chi connectivity index (χ1n) is 7.89. The van der Waals surface area contributed by atoms with Gasteiger partial charge in [-0.2, -0.15) is 0 Å². The predicted molar refractivity (Wildman–Crippen MR) is 105 cm³/mol. The van der Waals surface area contributed by atoms with Gasteiger partial charge in [-0.05, 0) is 24.3 Å². The minimum Gasteiger partial charge on any atom is -0.502 e. The number of methoxy groups -OCH3 is 1. The highest BCUT2D eigenvalue weighted by Gasteiger charge is 2.17. The molecule has 0 unspecified atom stereocenters. The summed E-state index contributed by atoms with van der Waals surface area (Å²) in [5.41, 5.74) is 1.28. The number of fused-ring (bicyclic) bond motifs is 3. The largest absolute Gasteiger partial charge is 0.502 e. The van der Waals surface area contributed by atoms with Crippen LogP contribution in [-0.4, -0.2) is 38.0 Å². The summed E-state index contributed by atoms with van der Waals surface area (Å²) in [5.74, 6) is -0.0414. The lowest BCUT2D eigenvalue weighted by molar-refractivity contribution is -0.385. The van der Waals surface area contributed by atoms with Crippen molar-refractivity contribution in [2.75, 3.05) is 12.4 Å². The third-order valence-electron chi connectivity index (χ3n) is 3.99. The number of thiazole rings is 1. The van der Waals surface area contributed by atoms with Crippen LogP contribution in [0.15, 0.2) is 36.7 Å². The standard InChI is InChI=1S/C17H12N6O4S/c1-27-15(18)17-22-10-4-3-9-13(14(10)28-17)16(20-7-19-9)21-8-2-5-12(24)11(6-8)23(25)26/h2-7,18,24H,1H3,(H,19,20,21). The average Bonchev–Trinajstić information content (AvgIpc) is 3.13. The molecule has 2 heterocycles. The number of hydrogen-bond acceptors (Lipinski definition) is 10. The van der Waals surface area contributed by atoms with Gasteiger partial charge in [-0.25, -0.2) is 15.0 Å². The second kappa shape index (κ2) is 6.70. The molecule has 0 atom stereocenters. The predicted octanol–water partition coefficient (Wildman–Crippen LogP) is 3.57. The van der Waals surface area contributed by atoms with E-state index in [1.54, 1.807) is 12.1 Å². The number of ether oxygens (including phenoxy) is 1. The van der Waals surface area contributed by atoms with Crippen LogP contribution >= 0.6 is 11.3 Å². The van der Waals surface area contributed by atoms with Gasteiger partial charge in [-0.3, -0.25) is 15.5 Å². The van der Waals surface area contributed by atoms with Crippen LogP contribution in [0.5, 0.6) is 5.75 Å². The summed E-state index contributed by atoms with van der Waals surface area (Å²) in [6.45, 7) is 0. The number of anilines is 2. The average molecular weight is 396 g/mol. The van der Waals surface area contributed by atoms with Crippen LogP contribution in [0.2, 0.25) is 0 Å². The summed E-state index contributed by atoms with van der Waals surface area (Å²) in [6, 6.07) is 7.55. The van der Waals surface area contributed by atoms with Gasteiger partial charge in [0.1, 0.15) is 12.1 Å². The van der Waals surface area contributed by atoms with Crippen LogP contribution in [-0.2, 0) is 4.74 Å². The highest BCUT2D eigenvalue weighted by atomic mass is 32.1. The molecule has 4 aromatic rings. The van der Waals surface area contributed by atoms with Crippen molar-refractivity contribution in [2.24, 2.45) is 0 Å². The summed E-state index contributed by atoms with van der Waals surface area (Å²) < 4.78 is 5.70. The van der Waals surface area contributed by atoms with Gasteiger partial charge in [-0.15, -0.1) is 11.3 Å². The highest BCUT2D eigenvalue weighted by Crippen LogP contribution is 2.36. The summed E-state index contributed by atoms with van der Waals surface area (Å²) in [7, 11) is 1.40. The van der Waals surface area contributed by atoms with E-state index in [2.05, 4.69) is 20.3 Å². The topological polar surface area (TPSA) is 147 Å². The van der Waals surface area contributed by atoms with E-state index in [1.807, 2.05) is 0 Å². The van der Waals surface area contributed by atoms with Crippen LogP contribution in [0.25, 0.3) is 21.1 Å². The van der Waals surface area contributed by atoms with E-state index < -0.39 is 16.4 Å². The van der Waals surface area contributed by atoms with E-state index in [0.29, 0.717) is 32.9 Å². The quantitative estimate of drug-likeness (QED) is 0.156. The van der Waals surface area contributed by atoms with E-state index in [1.165, 1.54) is 43.0 Å². The molecule has 0 spiro atoms. The van der Waals surface area contributed by atoms with Gasteiger partial charge in [0, 0.05) is 11.8 Å². The zero-order valence-corrected chi connectivity index (χ0v) is 15.1. The third-order valence-corrected chi connectivity index (χ3v) is 5.08. The monoisotopic (exact) mass is 396 g/mol. The fourth-order valence-corrected chi connectivity index (χ4v) is 3.73. The highest BCUT2D eigenvalue weighted by molar-refractivity contribution is 7.21. The molecule has 2 aromatic heterocycles. The second-order valence-electron chi connectivity index (χ2n) is 5.67. The first-order valence-corrected chi connectivity index (χ1v) is 8.71. The smallest absolute Gasteiger partial charge is 0.312 e. The van der Waals surface area contributed by atoms with Crippen molar-refractivity contribution >= 4 is 55.5 Å². The number of aromatic hydroxyl groups is 1. The summed E-state index contributed by atoms with van der Waals surface area (Å²) in [5, 5.41) is 32.6. The molecule has 0 aliphatic rings. The number of phenolic OH excluding ortho intramolecular Hbond substituents is 1. The van der Waals surface area contributed by atoms with Gasteiger partial charge < -0.3 is 15.2 Å². The number of benzene rings is 2. The van der Waals surface area contributed by atoms with Crippen molar-refractivity contribution in [3.8, 4) is 5.75 Å². The van der Waals surface area contributed by atoms with Crippen LogP contribution in [0.1, 0.15) is 5.01 Å². The van der Waals surface area contributed by atoms with Crippen molar-refractivity contribution in [1.82, 2.24) is 15.0 Å². The molecule has 0 bridgehead atoms. The lowest BCUT2D eigenvalue weighted by Gasteiger charge is -2.09. The Morgan fingerprint density at radius 3 is 2.82 bits per heavy atom. The zero-order valence-electron chi connectivity index (χ0n) is 14.3. The molecule has 0 amide bonds. The molecular weight excluding hydrogens is 384 g/mol. The van der Waals surface area contributed by atoms with Gasteiger partial charge in [0.2, 0.25) is 5.90 Å². The number of hydrogen-bond donors (Lipinski definition) is 3. The normalized spacial score (nSPS) is 10.9. The minimum absolute atomic E-state index is 0.0464. The summed E-state index contributed by atoms with van der Waals surface area (Å²) in [6.07, 6.45) is 1.38. The Kier molecular flexibility index (Phi) is 4.20. The van der Waals surface area contributed by atoms with E-state index in [4.69, 9.17) is 10.1 Å². The first kappa shape index (κ1) is 17.5. The zero-order chi connectivity index (χ0) is 19.8. The van der Waals surface area contributed by atoms with Crippen LogP contribution in [0.4, 0.5) is 17.2 Å². The molecule has 10 nitrogen and oxygen atoms in total. The van der Waals surface area contributed by atoms with Gasteiger partial charge in [-0.1, -0.05) is 0 Å². The van der Waals surface area contributed by atoms with Crippen molar-refractivity contribution in [1.29, 1.82) is 5.41 Å². The Morgan fingerprint density at radius 2 is 2.07 bits per heavy atom. The van der Waals surface area contributed by atoms with Crippen molar-refractivity contribution in [2.45, 2.75) is 0 Å². The van der Waals surface area contributed by atoms with E-state index in [-0.39, 0.29) is 5.90 Å². The van der Waals surface area contributed by atoms with Gasteiger partial charge in [0.25, 0.3) is 0 Å². The maximum Gasteiger partial charge on any atom is 0.312 e. The molecular formula is C17H12N6O4S. The maximum atomic E-state index is 11.1. The first-order chi connectivity index (χ1) is 13.5. The lowest BCUT2D eigenvalue weighted by atomic mass is 10.2. The van der Waals surface area contributed by atoms with Crippen LogP contribution < -0.4 is 5.32 Å². The SMILES string of the molecule is COC(=N)c1nc2ccc3ncnc(Nc4ccc(O)c([N+](=O)[O-])c4)c3c2s1. The van der Waals surface area contributed by atoms with Crippen molar-refractivity contribution < 1.29 is 14.8 Å². The number of aromatic nitrogens is 3. The molecule has 0 saturated carbocycles. The number of nitrogens with one attached hydrogen (secondary N) is 2. The van der Waals surface area contributed by atoms with E-state index in [0.717, 1.165) is 4.70 Å². The lowest BCUT2D eigenvalue weighted by Crippen LogP contribution is -1.99. The Morgan fingerprint density at radius 1 is 1.29 bits per heavy atom. The van der Waals surface area contributed by atoms with Crippen molar-refractivity contribution in [3.63, 3.8) is 0 Å². The number of rotatable bonds is 4. The molecule has 0 radical (unpaired) electrons. The fourth-order valence-electron chi connectivity index (χ4n) is 2.69.